The van der Waals surface area contributed by atoms with Gasteiger partial charge < -0.3 is 10.2 Å². The molecule has 0 aromatic rings. The molecule has 2 heterocycles. The largest absolute Gasteiger partial charge is 0.316 e. The number of halogens is 2. The summed E-state index contributed by atoms with van der Waals surface area (Å²) in [6, 6.07) is 0. The van der Waals surface area contributed by atoms with Crippen LogP contribution in [0.2, 0.25) is 0 Å². The number of nitrogens with zero attached hydrogens (tertiary/aromatic N) is 1. The number of rotatable bonds is 2. The molecule has 0 radical (unpaired) electrons. The fourth-order valence-corrected chi connectivity index (χ4v) is 2.48. The average molecular weight is 255 g/mol. The monoisotopic (exact) mass is 254 g/mol. The maximum Gasteiger partial charge on any atom is 0.00223 e. The predicted molar refractivity (Wildman–Crippen MR) is 70.3 cm³/mol. The Bertz CT molecular complexity index is 153. The van der Waals surface area contributed by atoms with Gasteiger partial charge in [0.2, 0.25) is 0 Å². The van der Waals surface area contributed by atoms with Gasteiger partial charge in [0.05, 0.1) is 0 Å². The quantitative estimate of drug-likeness (QED) is 0.813. The van der Waals surface area contributed by atoms with Crippen molar-refractivity contribution in [1.82, 2.24) is 10.2 Å². The van der Waals surface area contributed by atoms with E-state index in [0.717, 1.165) is 11.8 Å². The molecule has 0 saturated carbocycles. The molecule has 0 bridgehead atoms. The van der Waals surface area contributed by atoms with Gasteiger partial charge in [0.1, 0.15) is 0 Å². The number of piperidine rings is 1. The Labute approximate surface area is 106 Å². The van der Waals surface area contributed by atoms with Crippen molar-refractivity contribution in [3.05, 3.63) is 0 Å². The summed E-state index contributed by atoms with van der Waals surface area (Å²) < 4.78 is 0. The van der Waals surface area contributed by atoms with E-state index < -0.39 is 0 Å². The molecule has 4 heteroatoms. The molecule has 0 aromatic heterocycles. The van der Waals surface area contributed by atoms with Crippen molar-refractivity contribution in [2.24, 2.45) is 11.8 Å². The van der Waals surface area contributed by atoms with Crippen molar-refractivity contribution in [2.45, 2.75) is 26.2 Å². The predicted octanol–water partition coefficient (Wildman–Crippen LogP) is 2.17. The topological polar surface area (TPSA) is 15.3 Å². The zero-order valence-corrected chi connectivity index (χ0v) is 11.2. The summed E-state index contributed by atoms with van der Waals surface area (Å²) in [5, 5.41) is 3.44. The van der Waals surface area contributed by atoms with Crippen molar-refractivity contribution in [2.75, 3.05) is 32.7 Å². The van der Waals surface area contributed by atoms with Crippen LogP contribution in [0.15, 0.2) is 0 Å². The molecule has 0 aromatic carbocycles. The minimum atomic E-state index is 0. The third kappa shape index (κ3) is 4.90. The van der Waals surface area contributed by atoms with Crippen LogP contribution >= 0.6 is 24.8 Å². The third-order valence-corrected chi connectivity index (χ3v) is 3.56. The Hall–Kier alpha value is 0.500. The van der Waals surface area contributed by atoms with Crippen LogP contribution in [0.5, 0.6) is 0 Å². The van der Waals surface area contributed by atoms with Gasteiger partial charge in [-0.05, 0) is 57.3 Å². The lowest BCUT2D eigenvalue weighted by Gasteiger charge is -2.31. The lowest BCUT2D eigenvalue weighted by Crippen LogP contribution is -2.37. The third-order valence-electron chi connectivity index (χ3n) is 3.56. The second kappa shape index (κ2) is 7.72. The zero-order chi connectivity index (χ0) is 9.10. The lowest BCUT2D eigenvalue weighted by atomic mass is 9.98. The standard InChI is InChI=1S/C11H22N2.2ClH/c1-10-3-6-13(7-4-10)9-11-2-5-12-8-11;;/h10-12H,2-9H2,1H3;2*1H. The molecule has 2 fully saturated rings. The van der Waals surface area contributed by atoms with Crippen molar-refractivity contribution < 1.29 is 0 Å². The van der Waals surface area contributed by atoms with Gasteiger partial charge in [0.25, 0.3) is 0 Å². The number of nitrogens with one attached hydrogen (secondary N) is 1. The van der Waals surface area contributed by atoms with E-state index in [1.807, 2.05) is 0 Å². The van der Waals surface area contributed by atoms with E-state index in [1.54, 1.807) is 0 Å². The lowest BCUT2D eigenvalue weighted by molar-refractivity contribution is 0.171. The van der Waals surface area contributed by atoms with Crippen LogP contribution in [0, 0.1) is 11.8 Å². The normalized spacial score (nSPS) is 28.2. The first-order valence-electron chi connectivity index (χ1n) is 5.77. The maximum absolute atomic E-state index is 3.44. The molecule has 2 saturated heterocycles. The van der Waals surface area contributed by atoms with Crippen molar-refractivity contribution in [3.63, 3.8) is 0 Å². The van der Waals surface area contributed by atoms with Gasteiger partial charge in [-0.3, -0.25) is 0 Å². The molecule has 1 N–H and O–H groups in total. The van der Waals surface area contributed by atoms with Crippen LogP contribution < -0.4 is 5.32 Å². The molecule has 2 aliphatic rings. The molecule has 0 spiro atoms. The van der Waals surface area contributed by atoms with E-state index in [4.69, 9.17) is 0 Å². The molecule has 15 heavy (non-hydrogen) atoms. The molecule has 2 nitrogen and oxygen atoms in total. The van der Waals surface area contributed by atoms with Gasteiger partial charge in [-0.25, -0.2) is 0 Å². The van der Waals surface area contributed by atoms with Gasteiger partial charge >= 0.3 is 0 Å². The fourth-order valence-electron chi connectivity index (χ4n) is 2.48. The van der Waals surface area contributed by atoms with Crippen LogP contribution in [-0.2, 0) is 0 Å². The first-order chi connectivity index (χ1) is 6.34. The summed E-state index contributed by atoms with van der Waals surface area (Å²) in [5.41, 5.74) is 0. The number of likely N-dealkylation sites (tertiary alicyclic amines) is 1. The van der Waals surface area contributed by atoms with Crippen LogP contribution in [0.3, 0.4) is 0 Å². The molecular weight excluding hydrogens is 231 g/mol. The highest BCUT2D eigenvalue weighted by atomic mass is 35.5. The summed E-state index contributed by atoms with van der Waals surface area (Å²) in [4.78, 5) is 2.66. The smallest absolute Gasteiger partial charge is 0.00223 e. The summed E-state index contributed by atoms with van der Waals surface area (Å²) in [5.74, 6) is 1.91. The van der Waals surface area contributed by atoms with E-state index in [1.165, 1.54) is 52.0 Å². The van der Waals surface area contributed by atoms with Gasteiger partial charge in [0.15, 0.2) is 0 Å². The van der Waals surface area contributed by atoms with Gasteiger partial charge in [-0.2, -0.15) is 0 Å². The first-order valence-corrected chi connectivity index (χ1v) is 5.77. The van der Waals surface area contributed by atoms with Crippen molar-refractivity contribution >= 4 is 24.8 Å². The molecule has 0 aliphatic carbocycles. The number of hydrogen-bond acceptors (Lipinski definition) is 2. The van der Waals surface area contributed by atoms with Gasteiger partial charge in [-0.15, -0.1) is 24.8 Å². The SMILES string of the molecule is CC1CCN(CC2CCNC2)CC1.Cl.Cl. The molecular formula is C11H24Cl2N2. The second-order valence-electron chi connectivity index (χ2n) is 4.84. The first kappa shape index (κ1) is 15.5. The summed E-state index contributed by atoms with van der Waals surface area (Å²) in [6.07, 6.45) is 4.23. The summed E-state index contributed by atoms with van der Waals surface area (Å²) in [7, 11) is 0. The van der Waals surface area contributed by atoms with E-state index in [9.17, 15) is 0 Å². The van der Waals surface area contributed by atoms with Gasteiger partial charge in [-0.1, -0.05) is 6.92 Å². The Balaban J connectivity index is 0.000000980. The minimum absolute atomic E-state index is 0. The second-order valence-corrected chi connectivity index (χ2v) is 4.84. The molecule has 2 rings (SSSR count). The van der Waals surface area contributed by atoms with E-state index >= 15 is 0 Å². The van der Waals surface area contributed by atoms with Crippen LogP contribution in [-0.4, -0.2) is 37.6 Å². The molecule has 2 aliphatic heterocycles. The Morgan fingerprint density at radius 2 is 1.80 bits per heavy atom. The van der Waals surface area contributed by atoms with E-state index in [-0.39, 0.29) is 24.8 Å². The zero-order valence-electron chi connectivity index (χ0n) is 9.58. The highest BCUT2D eigenvalue weighted by molar-refractivity contribution is 5.85. The number of hydrogen-bond donors (Lipinski definition) is 1. The summed E-state index contributed by atoms with van der Waals surface area (Å²) in [6.45, 7) is 8.92. The fraction of sp³-hybridized carbons (Fsp3) is 1.00. The van der Waals surface area contributed by atoms with Crippen LogP contribution in [0.4, 0.5) is 0 Å². The highest BCUT2D eigenvalue weighted by Crippen LogP contribution is 2.18. The van der Waals surface area contributed by atoms with E-state index in [0.29, 0.717) is 0 Å². The van der Waals surface area contributed by atoms with E-state index in [2.05, 4.69) is 17.1 Å². The maximum atomic E-state index is 3.44. The molecule has 1 unspecified atom stereocenters. The van der Waals surface area contributed by atoms with Crippen molar-refractivity contribution in [3.8, 4) is 0 Å². The van der Waals surface area contributed by atoms with Gasteiger partial charge in [0, 0.05) is 6.54 Å². The Morgan fingerprint density at radius 1 is 1.13 bits per heavy atom. The van der Waals surface area contributed by atoms with Crippen molar-refractivity contribution in [1.29, 1.82) is 0 Å². The average Bonchev–Trinajstić information content (AvgIpc) is 2.62. The Kier molecular flexibility index (Phi) is 7.98. The Morgan fingerprint density at radius 3 is 2.33 bits per heavy atom. The molecule has 1 atom stereocenters. The molecule has 0 amide bonds. The van der Waals surface area contributed by atoms with Crippen LogP contribution in [0.1, 0.15) is 26.2 Å². The highest BCUT2D eigenvalue weighted by Gasteiger charge is 2.21. The summed E-state index contributed by atoms with van der Waals surface area (Å²) >= 11 is 0. The minimum Gasteiger partial charge on any atom is -0.316 e. The van der Waals surface area contributed by atoms with Crippen LogP contribution in [0.25, 0.3) is 0 Å². The molecule has 92 valence electrons.